The summed E-state index contributed by atoms with van der Waals surface area (Å²) in [5.74, 6) is 0. The second kappa shape index (κ2) is 20.3. The van der Waals surface area contributed by atoms with Gasteiger partial charge in [0.2, 0.25) is 0 Å². The number of phosphoric acid groups is 1. The fourth-order valence-corrected chi connectivity index (χ4v) is 3.81. The molecule has 0 rings (SSSR count). The molecule has 0 aromatic heterocycles. The predicted molar refractivity (Wildman–Crippen MR) is 113 cm³/mol. The van der Waals surface area contributed by atoms with Crippen LogP contribution in [0.5, 0.6) is 0 Å². The Kier molecular flexibility index (Phi) is 20.3. The van der Waals surface area contributed by atoms with Gasteiger partial charge in [0.25, 0.3) is 0 Å². The van der Waals surface area contributed by atoms with Crippen LogP contribution in [0.15, 0.2) is 0 Å². The molecule has 28 heavy (non-hydrogen) atoms. The molecule has 3 N–H and O–H groups in total. The van der Waals surface area contributed by atoms with E-state index in [4.69, 9.17) is 19.3 Å². The van der Waals surface area contributed by atoms with Gasteiger partial charge in [0.1, 0.15) is 0 Å². The zero-order valence-corrected chi connectivity index (χ0v) is 18.8. The summed E-state index contributed by atoms with van der Waals surface area (Å²) in [6, 6.07) is 0. The summed E-state index contributed by atoms with van der Waals surface area (Å²) in [6.07, 6.45) is 14.8. The van der Waals surface area contributed by atoms with Crippen molar-refractivity contribution in [1.29, 1.82) is 0 Å². The number of phosphoric ester groups is 1. The SMILES string of the molecule is CCCCCCCCCCCCCCOP(=O)(O)OCCN(CCO)CCO. The smallest absolute Gasteiger partial charge is 0.395 e. The van der Waals surface area contributed by atoms with Crippen molar-refractivity contribution < 1.29 is 28.7 Å². The van der Waals surface area contributed by atoms with Gasteiger partial charge in [-0.3, -0.25) is 13.9 Å². The van der Waals surface area contributed by atoms with Crippen molar-refractivity contribution in [1.82, 2.24) is 4.90 Å². The van der Waals surface area contributed by atoms with E-state index in [2.05, 4.69) is 6.92 Å². The standard InChI is InChI=1S/C20H44NO6P/c1-2-3-4-5-6-7-8-9-10-11-12-13-19-26-28(24,25)27-20-16-21(14-17-22)15-18-23/h22-23H,2-20H2,1H3,(H,24,25). The van der Waals surface area contributed by atoms with Gasteiger partial charge in [-0.25, -0.2) is 4.57 Å². The summed E-state index contributed by atoms with van der Waals surface area (Å²) in [5, 5.41) is 17.8. The van der Waals surface area contributed by atoms with Crippen LogP contribution in [0.4, 0.5) is 0 Å². The summed E-state index contributed by atoms with van der Waals surface area (Å²) in [5.41, 5.74) is 0. The molecule has 7 nitrogen and oxygen atoms in total. The average molecular weight is 426 g/mol. The van der Waals surface area contributed by atoms with Gasteiger partial charge >= 0.3 is 7.82 Å². The first-order valence-corrected chi connectivity index (χ1v) is 12.6. The van der Waals surface area contributed by atoms with Crippen molar-refractivity contribution in [2.24, 2.45) is 0 Å². The topological polar surface area (TPSA) is 99.5 Å². The minimum Gasteiger partial charge on any atom is -0.395 e. The molecule has 1 unspecified atom stereocenters. The highest BCUT2D eigenvalue weighted by molar-refractivity contribution is 7.47. The maximum absolute atomic E-state index is 11.8. The fraction of sp³-hybridized carbons (Fsp3) is 1.00. The molecule has 8 heteroatoms. The molecule has 0 aromatic carbocycles. The van der Waals surface area contributed by atoms with Gasteiger partial charge in [0.15, 0.2) is 0 Å². The Morgan fingerprint density at radius 2 is 1.11 bits per heavy atom. The monoisotopic (exact) mass is 425 g/mol. The van der Waals surface area contributed by atoms with E-state index in [1.165, 1.54) is 57.8 Å². The molecule has 170 valence electrons. The molecule has 0 radical (unpaired) electrons. The van der Waals surface area contributed by atoms with Crippen molar-refractivity contribution in [3.05, 3.63) is 0 Å². The largest absolute Gasteiger partial charge is 0.472 e. The molecule has 0 aliphatic heterocycles. The Balaban J connectivity index is 3.49. The van der Waals surface area contributed by atoms with Gasteiger partial charge in [-0.1, -0.05) is 77.6 Å². The van der Waals surface area contributed by atoms with Gasteiger partial charge < -0.3 is 15.1 Å². The Morgan fingerprint density at radius 3 is 1.57 bits per heavy atom. The van der Waals surface area contributed by atoms with Crippen LogP contribution in [0.1, 0.15) is 84.0 Å². The quantitative estimate of drug-likeness (QED) is 0.177. The maximum atomic E-state index is 11.8. The van der Waals surface area contributed by atoms with Crippen LogP contribution in [-0.2, 0) is 13.6 Å². The van der Waals surface area contributed by atoms with E-state index in [-0.39, 0.29) is 26.4 Å². The summed E-state index contributed by atoms with van der Waals surface area (Å²) >= 11 is 0. The zero-order chi connectivity index (χ0) is 20.9. The highest BCUT2D eigenvalue weighted by atomic mass is 31.2. The lowest BCUT2D eigenvalue weighted by Crippen LogP contribution is -2.32. The third kappa shape index (κ3) is 19.3. The molecule has 0 aliphatic rings. The second-order valence-electron chi connectivity index (χ2n) is 7.31. The minimum atomic E-state index is -4.02. The van der Waals surface area contributed by atoms with Crippen molar-refractivity contribution in [2.75, 3.05) is 46.1 Å². The number of hydrogen-bond donors (Lipinski definition) is 3. The van der Waals surface area contributed by atoms with Crippen LogP contribution < -0.4 is 0 Å². The van der Waals surface area contributed by atoms with E-state index < -0.39 is 7.82 Å². The number of unbranched alkanes of at least 4 members (excludes halogenated alkanes) is 11. The molecule has 0 amide bonds. The summed E-state index contributed by atoms with van der Waals surface area (Å²) < 4.78 is 21.7. The average Bonchev–Trinajstić information content (AvgIpc) is 2.65. The molecule has 1 atom stereocenters. The highest BCUT2D eigenvalue weighted by Gasteiger charge is 2.20. The third-order valence-corrected chi connectivity index (χ3v) is 5.76. The number of aliphatic hydroxyl groups is 2. The van der Waals surface area contributed by atoms with Gasteiger partial charge in [-0.05, 0) is 6.42 Å². The fourth-order valence-electron chi connectivity index (χ4n) is 3.06. The van der Waals surface area contributed by atoms with Crippen molar-refractivity contribution in [3.63, 3.8) is 0 Å². The highest BCUT2D eigenvalue weighted by Crippen LogP contribution is 2.43. The van der Waals surface area contributed by atoms with Gasteiger partial charge in [-0.15, -0.1) is 0 Å². The van der Waals surface area contributed by atoms with Crippen LogP contribution >= 0.6 is 7.82 Å². The Labute approximate surface area is 172 Å². The van der Waals surface area contributed by atoms with E-state index in [9.17, 15) is 9.46 Å². The molecule has 0 fully saturated rings. The van der Waals surface area contributed by atoms with Crippen LogP contribution in [0.3, 0.4) is 0 Å². The van der Waals surface area contributed by atoms with Crippen molar-refractivity contribution in [3.8, 4) is 0 Å². The summed E-state index contributed by atoms with van der Waals surface area (Å²) in [6.45, 7) is 3.55. The third-order valence-electron chi connectivity index (χ3n) is 4.75. The minimum absolute atomic E-state index is 0.0201. The molecule has 0 spiro atoms. The van der Waals surface area contributed by atoms with Crippen molar-refractivity contribution in [2.45, 2.75) is 84.0 Å². The zero-order valence-electron chi connectivity index (χ0n) is 17.9. The molecule has 0 saturated heterocycles. The Morgan fingerprint density at radius 1 is 0.679 bits per heavy atom. The molecule has 0 saturated carbocycles. The van der Waals surface area contributed by atoms with Crippen LogP contribution in [0.2, 0.25) is 0 Å². The van der Waals surface area contributed by atoms with Crippen LogP contribution in [0.25, 0.3) is 0 Å². The Hall–Kier alpha value is -0.0100. The normalized spacial score (nSPS) is 13.9. The van der Waals surface area contributed by atoms with Gasteiger partial charge in [-0.2, -0.15) is 0 Å². The number of hydrogen-bond acceptors (Lipinski definition) is 6. The molecule has 0 aliphatic carbocycles. The van der Waals surface area contributed by atoms with Crippen molar-refractivity contribution >= 4 is 7.82 Å². The maximum Gasteiger partial charge on any atom is 0.472 e. The van der Waals surface area contributed by atoms with E-state index in [0.29, 0.717) is 19.6 Å². The van der Waals surface area contributed by atoms with Gasteiger partial charge in [0.05, 0.1) is 26.4 Å². The molecule has 0 aromatic rings. The second-order valence-corrected chi connectivity index (χ2v) is 8.77. The number of rotatable bonds is 22. The van der Waals surface area contributed by atoms with E-state index >= 15 is 0 Å². The lowest BCUT2D eigenvalue weighted by atomic mass is 10.1. The Bertz CT molecular complexity index is 367. The van der Waals surface area contributed by atoms with Crippen LogP contribution in [0, 0.1) is 0 Å². The summed E-state index contributed by atoms with van der Waals surface area (Å²) in [7, 11) is -4.02. The number of aliphatic hydroxyl groups excluding tert-OH is 2. The van der Waals surface area contributed by atoms with Crippen LogP contribution in [-0.4, -0.2) is 66.1 Å². The van der Waals surface area contributed by atoms with E-state index in [1.807, 2.05) is 0 Å². The van der Waals surface area contributed by atoms with E-state index in [0.717, 1.165) is 19.3 Å². The first-order valence-electron chi connectivity index (χ1n) is 11.1. The predicted octanol–water partition coefficient (Wildman–Crippen LogP) is 4.11. The van der Waals surface area contributed by atoms with E-state index in [1.54, 1.807) is 4.90 Å². The number of nitrogens with zero attached hydrogens (tertiary/aromatic N) is 1. The van der Waals surface area contributed by atoms with Gasteiger partial charge in [0, 0.05) is 19.6 Å². The lowest BCUT2D eigenvalue weighted by molar-refractivity contribution is 0.112. The molecular formula is C20H44NO6P. The summed E-state index contributed by atoms with van der Waals surface area (Å²) in [4.78, 5) is 11.4. The first-order chi connectivity index (χ1) is 13.6. The lowest BCUT2D eigenvalue weighted by Gasteiger charge is -2.20. The molecule has 0 heterocycles. The first kappa shape index (κ1) is 28.0. The molecule has 0 bridgehead atoms. The molecular weight excluding hydrogens is 381 g/mol.